The molecule has 1 aromatic heterocycles. The molecule has 12 rings (SSSR count). The Labute approximate surface area is 330 Å². The Hall–Kier alpha value is -7.49. The topological polar surface area (TPSA) is 38.7 Å². The molecule has 0 fully saturated rings. The van der Waals surface area contributed by atoms with Gasteiger partial charge in [0.2, 0.25) is 0 Å². The van der Waals surface area contributed by atoms with Crippen LogP contribution in [0.5, 0.6) is 0 Å². The highest BCUT2D eigenvalue weighted by atomic mass is 15.0. The third kappa shape index (κ3) is 4.63. The van der Waals surface area contributed by atoms with E-state index in [1.807, 2.05) is 18.2 Å². The first-order valence-electron chi connectivity index (χ1n) is 19.5. The highest BCUT2D eigenvalue weighted by Gasteiger charge is 2.51. The van der Waals surface area contributed by atoms with Crippen molar-refractivity contribution in [1.29, 1.82) is 0 Å². The van der Waals surface area contributed by atoms with Gasteiger partial charge in [-0.2, -0.15) is 0 Å². The molecule has 2 aliphatic carbocycles. The van der Waals surface area contributed by atoms with E-state index in [-0.39, 0.29) is 5.41 Å². The largest absolute Gasteiger partial charge is 0.208 e. The molecule has 0 N–H and O–H groups in total. The molecule has 0 amide bonds. The van der Waals surface area contributed by atoms with Crippen molar-refractivity contribution < 1.29 is 0 Å². The molecule has 0 atom stereocenters. The maximum absolute atomic E-state index is 5.25. The molecule has 1 heterocycles. The van der Waals surface area contributed by atoms with Crippen molar-refractivity contribution in [2.24, 2.45) is 0 Å². The summed E-state index contributed by atoms with van der Waals surface area (Å²) in [4.78, 5) is 15.5. The van der Waals surface area contributed by atoms with E-state index in [1.54, 1.807) is 0 Å². The lowest BCUT2D eigenvalue weighted by molar-refractivity contribution is 0.794. The molecule has 57 heavy (non-hydrogen) atoms. The van der Waals surface area contributed by atoms with Crippen molar-refractivity contribution >= 4 is 21.5 Å². The number of hydrogen-bond donors (Lipinski definition) is 0. The summed E-state index contributed by atoms with van der Waals surface area (Å²) in [6.45, 7) is 0. The summed E-state index contributed by atoms with van der Waals surface area (Å²) in [5, 5.41) is 4.83. The average molecular weight is 724 g/mol. The monoisotopic (exact) mass is 723 g/mol. The molecule has 0 saturated carbocycles. The fourth-order valence-electron chi connectivity index (χ4n) is 9.69. The van der Waals surface area contributed by atoms with E-state index < -0.39 is 0 Å². The van der Waals surface area contributed by atoms with Crippen molar-refractivity contribution in [3.63, 3.8) is 0 Å². The minimum Gasteiger partial charge on any atom is -0.208 e. The third-order valence-electron chi connectivity index (χ3n) is 12.1. The second kappa shape index (κ2) is 12.3. The van der Waals surface area contributed by atoms with E-state index in [4.69, 9.17) is 15.0 Å². The van der Waals surface area contributed by atoms with Crippen LogP contribution in [0, 0.1) is 0 Å². The highest BCUT2D eigenvalue weighted by Crippen LogP contribution is 2.63. The lowest BCUT2D eigenvalue weighted by Gasteiger charge is -2.30. The van der Waals surface area contributed by atoms with Crippen LogP contribution in [0.3, 0.4) is 0 Å². The van der Waals surface area contributed by atoms with Crippen LogP contribution < -0.4 is 0 Å². The Kier molecular flexibility index (Phi) is 6.84. The predicted molar refractivity (Wildman–Crippen MR) is 233 cm³/mol. The van der Waals surface area contributed by atoms with Crippen LogP contribution >= 0.6 is 0 Å². The molecule has 1 spiro atoms. The Morgan fingerprint density at radius 2 is 0.754 bits per heavy atom. The first-order chi connectivity index (χ1) is 28.3. The second-order valence-corrected chi connectivity index (χ2v) is 15.1. The van der Waals surface area contributed by atoms with Gasteiger partial charge in [-0.1, -0.05) is 188 Å². The Bertz CT molecular complexity index is 3210. The minimum atomic E-state index is -0.378. The van der Waals surface area contributed by atoms with Gasteiger partial charge in [0.1, 0.15) is 0 Å². The molecule has 10 aromatic rings. The number of fused-ring (bicyclic) bond motifs is 13. The summed E-state index contributed by atoms with van der Waals surface area (Å²) >= 11 is 0. The maximum Gasteiger partial charge on any atom is 0.164 e. The van der Waals surface area contributed by atoms with E-state index in [2.05, 4.69) is 182 Å². The molecule has 0 bridgehead atoms. The second-order valence-electron chi connectivity index (χ2n) is 15.1. The van der Waals surface area contributed by atoms with Gasteiger partial charge in [0.25, 0.3) is 0 Å². The smallest absolute Gasteiger partial charge is 0.164 e. The summed E-state index contributed by atoms with van der Waals surface area (Å²) in [5.74, 6) is 1.93. The summed E-state index contributed by atoms with van der Waals surface area (Å²) in [5.41, 5.74) is 15.2. The standard InChI is InChI=1S/C54H33N3/c1-2-15-35(16-3-1)51-55-52(38-28-30-41-36(32-38)27-26-34-14-4-5-17-39(34)41)57-53(56-51)45-22-7-6-18-40(45)37-29-31-50-46(33-37)44-21-10-13-25-49(44)54(50)47-23-11-8-19-42(47)43-20-9-12-24-48(43)54/h1-33H. The van der Waals surface area contributed by atoms with Crippen molar-refractivity contribution in [2.75, 3.05) is 0 Å². The molecule has 0 saturated heterocycles. The molecule has 3 heteroatoms. The molecule has 2 aliphatic rings. The van der Waals surface area contributed by atoms with Gasteiger partial charge >= 0.3 is 0 Å². The van der Waals surface area contributed by atoms with Gasteiger partial charge in [-0.3, -0.25) is 0 Å². The van der Waals surface area contributed by atoms with Crippen LogP contribution in [0.4, 0.5) is 0 Å². The Balaban J connectivity index is 1.04. The Morgan fingerprint density at radius 1 is 0.263 bits per heavy atom. The van der Waals surface area contributed by atoms with Crippen molar-refractivity contribution in [3.05, 3.63) is 222 Å². The molecular weight excluding hydrogens is 691 g/mol. The number of rotatable bonds is 4. The maximum atomic E-state index is 5.25. The molecule has 0 radical (unpaired) electrons. The molecule has 9 aromatic carbocycles. The van der Waals surface area contributed by atoms with E-state index in [9.17, 15) is 0 Å². The third-order valence-corrected chi connectivity index (χ3v) is 12.1. The van der Waals surface area contributed by atoms with Crippen molar-refractivity contribution in [3.8, 4) is 67.5 Å². The normalized spacial score (nSPS) is 13.1. The molecule has 0 unspecified atom stereocenters. The van der Waals surface area contributed by atoms with Crippen molar-refractivity contribution in [1.82, 2.24) is 15.0 Å². The van der Waals surface area contributed by atoms with E-state index in [1.165, 1.54) is 60.7 Å². The fourth-order valence-corrected chi connectivity index (χ4v) is 9.69. The Morgan fingerprint density at radius 3 is 1.47 bits per heavy atom. The summed E-state index contributed by atoms with van der Waals surface area (Å²) < 4.78 is 0. The molecular formula is C54H33N3. The lowest BCUT2D eigenvalue weighted by atomic mass is 9.70. The van der Waals surface area contributed by atoms with E-state index >= 15 is 0 Å². The number of hydrogen-bond acceptors (Lipinski definition) is 3. The van der Waals surface area contributed by atoms with Crippen LogP contribution in [0.2, 0.25) is 0 Å². The van der Waals surface area contributed by atoms with Crippen LogP contribution in [-0.4, -0.2) is 15.0 Å². The fraction of sp³-hybridized carbons (Fsp3) is 0.0185. The van der Waals surface area contributed by atoms with Crippen molar-refractivity contribution in [2.45, 2.75) is 5.41 Å². The van der Waals surface area contributed by atoms with Crippen LogP contribution in [0.25, 0.3) is 89.1 Å². The number of nitrogens with zero attached hydrogens (tertiary/aromatic N) is 3. The highest BCUT2D eigenvalue weighted by molar-refractivity contribution is 6.08. The van der Waals surface area contributed by atoms with Gasteiger partial charge in [-0.15, -0.1) is 0 Å². The van der Waals surface area contributed by atoms with Crippen LogP contribution in [0.15, 0.2) is 200 Å². The molecule has 0 aliphatic heterocycles. The zero-order valence-corrected chi connectivity index (χ0v) is 30.9. The van der Waals surface area contributed by atoms with Crippen LogP contribution in [0.1, 0.15) is 22.3 Å². The summed E-state index contributed by atoms with van der Waals surface area (Å²) in [6, 6.07) is 72.1. The first-order valence-corrected chi connectivity index (χ1v) is 19.5. The molecule has 264 valence electrons. The van der Waals surface area contributed by atoms with E-state index in [0.29, 0.717) is 17.5 Å². The average Bonchev–Trinajstić information content (AvgIpc) is 3.76. The van der Waals surface area contributed by atoms with Gasteiger partial charge in [0.15, 0.2) is 17.5 Å². The summed E-state index contributed by atoms with van der Waals surface area (Å²) in [6.07, 6.45) is 0. The summed E-state index contributed by atoms with van der Waals surface area (Å²) in [7, 11) is 0. The van der Waals surface area contributed by atoms with Crippen LogP contribution in [-0.2, 0) is 5.41 Å². The first kappa shape index (κ1) is 31.8. The number of benzene rings is 9. The zero-order valence-electron chi connectivity index (χ0n) is 30.9. The van der Waals surface area contributed by atoms with Gasteiger partial charge in [0.05, 0.1) is 5.41 Å². The van der Waals surface area contributed by atoms with Gasteiger partial charge < -0.3 is 0 Å². The number of aromatic nitrogens is 3. The minimum absolute atomic E-state index is 0.378. The lowest BCUT2D eigenvalue weighted by Crippen LogP contribution is -2.25. The SMILES string of the molecule is c1ccc(-c2nc(-c3ccc4c(ccc5ccccc54)c3)nc(-c3ccccc3-c3ccc4c(c3)-c3ccccc3C43c4ccccc4-c4ccccc43)n2)cc1. The zero-order chi connectivity index (χ0) is 37.5. The predicted octanol–water partition coefficient (Wildman–Crippen LogP) is 13.2. The van der Waals surface area contributed by atoms with Gasteiger partial charge in [-0.25, -0.2) is 15.0 Å². The van der Waals surface area contributed by atoms with Gasteiger partial charge in [0, 0.05) is 16.7 Å². The van der Waals surface area contributed by atoms with E-state index in [0.717, 1.165) is 33.2 Å². The van der Waals surface area contributed by atoms with Gasteiger partial charge in [-0.05, 0) is 89.3 Å². The quantitative estimate of drug-likeness (QED) is 0.170. The molecule has 3 nitrogen and oxygen atoms in total.